The Morgan fingerprint density at radius 3 is 3.00 bits per heavy atom. The van der Waals surface area contributed by atoms with Crippen molar-refractivity contribution in [2.45, 2.75) is 12.6 Å². The summed E-state index contributed by atoms with van der Waals surface area (Å²) in [6, 6.07) is 5.46. The van der Waals surface area contributed by atoms with Crippen molar-refractivity contribution in [1.82, 2.24) is 9.88 Å². The largest absolute Gasteiger partial charge is 0.439 e. The number of aliphatic hydroxyl groups is 1. The van der Waals surface area contributed by atoms with E-state index in [4.69, 9.17) is 14.9 Å². The standard InChI is InChI=1S/C13H19N3O3/c1-16(6-9(17)8-18-2)7-12-15-13-10(14)4-3-5-11(13)19-12/h3-5,9,17H,6-8,14H2,1-2H3. The molecule has 0 fully saturated rings. The number of benzene rings is 1. The molecule has 0 spiro atoms. The molecule has 0 amide bonds. The molecular formula is C13H19N3O3. The number of nitrogens with two attached hydrogens (primary N) is 1. The van der Waals surface area contributed by atoms with Crippen LogP contribution in [0.25, 0.3) is 11.1 Å². The number of fused-ring (bicyclic) bond motifs is 1. The minimum atomic E-state index is -0.524. The molecule has 0 aliphatic rings. The summed E-state index contributed by atoms with van der Waals surface area (Å²) in [6.07, 6.45) is -0.524. The number of likely N-dealkylation sites (N-methyl/N-ethyl adjacent to an activating group) is 1. The molecule has 3 N–H and O–H groups in total. The number of aliphatic hydroxyl groups excluding tert-OH is 1. The molecule has 104 valence electrons. The SMILES string of the molecule is COCC(O)CN(C)Cc1nc2c(N)cccc2o1. The number of ether oxygens (including phenoxy) is 1. The summed E-state index contributed by atoms with van der Waals surface area (Å²) in [5.74, 6) is 0.583. The van der Waals surface area contributed by atoms with Crippen molar-refractivity contribution < 1.29 is 14.3 Å². The van der Waals surface area contributed by atoms with Gasteiger partial charge in [0.2, 0.25) is 5.89 Å². The summed E-state index contributed by atoms with van der Waals surface area (Å²) in [6.45, 7) is 1.31. The number of methoxy groups -OCH3 is 1. The van der Waals surface area contributed by atoms with Gasteiger partial charge in [0.05, 0.1) is 24.9 Å². The van der Waals surface area contributed by atoms with E-state index in [1.807, 2.05) is 24.1 Å². The van der Waals surface area contributed by atoms with E-state index >= 15 is 0 Å². The lowest BCUT2D eigenvalue weighted by atomic mass is 10.3. The van der Waals surface area contributed by atoms with Crippen molar-refractivity contribution in [3.05, 3.63) is 24.1 Å². The zero-order valence-corrected chi connectivity index (χ0v) is 11.2. The van der Waals surface area contributed by atoms with E-state index in [1.54, 1.807) is 13.2 Å². The van der Waals surface area contributed by atoms with Gasteiger partial charge in [0.25, 0.3) is 0 Å². The summed E-state index contributed by atoms with van der Waals surface area (Å²) in [5, 5.41) is 9.64. The first-order chi connectivity index (χ1) is 9.10. The summed E-state index contributed by atoms with van der Waals surface area (Å²) >= 11 is 0. The van der Waals surface area contributed by atoms with Gasteiger partial charge >= 0.3 is 0 Å². The van der Waals surface area contributed by atoms with E-state index in [0.29, 0.717) is 42.4 Å². The number of hydrogen-bond donors (Lipinski definition) is 2. The molecule has 1 unspecified atom stereocenters. The number of hydrogen-bond acceptors (Lipinski definition) is 6. The molecule has 1 atom stereocenters. The number of rotatable bonds is 6. The smallest absolute Gasteiger partial charge is 0.209 e. The lowest BCUT2D eigenvalue weighted by molar-refractivity contribution is 0.0405. The Morgan fingerprint density at radius 2 is 2.32 bits per heavy atom. The van der Waals surface area contributed by atoms with Crippen LogP contribution in [0, 0.1) is 0 Å². The maximum absolute atomic E-state index is 9.64. The third kappa shape index (κ3) is 3.44. The number of nitrogen functional groups attached to an aromatic ring is 1. The zero-order chi connectivity index (χ0) is 13.8. The molecule has 2 rings (SSSR count). The number of para-hydroxylation sites is 1. The van der Waals surface area contributed by atoms with E-state index in [1.165, 1.54) is 0 Å². The second-order valence-corrected chi connectivity index (χ2v) is 4.61. The van der Waals surface area contributed by atoms with Crippen LogP contribution in [0.15, 0.2) is 22.6 Å². The molecule has 0 radical (unpaired) electrons. The first kappa shape index (κ1) is 13.8. The maximum atomic E-state index is 9.64. The van der Waals surface area contributed by atoms with Crippen molar-refractivity contribution in [3.8, 4) is 0 Å². The fourth-order valence-electron chi connectivity index (χ4n) is 1.98. The van der Waals surface area contributed by atoms with E-state index in [9.17, 15) is 5.11 Å². The third-order valence-electron chi connectivity index (χ3n) is 2.78. The predicted molar refractivity (Wildman–Crippen MR) is 72.6 cm³/mol. The normalized spacial score (nSPS) is 13.3. The minimum Gasteiger partial charge on any atom is -0.439 e. The first-order valence-electron chi connectivity index (χ1n) is 6.09. The van der Waals surface area contributed by atoms with Gasteiger partial charge in [0.1, 0.15) is 5.52 Å². The van der Waals surface area contributed by atoms with E-state index < -0.39 is 6.10 Å². The molecule has 1 aromatic heterocycles. The van der Waals surface area contributed by atoms with Crippen molar-refractivity contribution in [2.75, 3.05) is 33.0 Å². The van der Waals surface area contributed by atoms with Gasteiger partial charge in [-0.3, -0.25) is 4.90 Å². The number of nitrogens with zero attached hydrogens (tertiary/aromatic N) is 2. The Balaban J connectivity index is 2.03. The van der Waals surface area contributed by atoms with Crippen LogP contribution in [-0.4, -0.2) is 48.4 Å². The highest BCUT2D eigenvalue weighted by Gasteiger charge is 2.13. The van der Waals surface area contributed by atoms with Gasteiger partial charge in [-0.1, -0.05) is 6.07 Å². The van der Waals surface area contributed by atoms with Crippen molar-refractivity contribution in [3.63, 3.8) is 0 Å². The Kier molecular flexibility index (Phi) is 4.36. The highest BCUT2D eigenvalue weighted by Crippen LogP contribution is 2.21. The van der Waals surface area contributed by atoms with Gasteiger partial charge in [0, 0.05) is 13.7 Å². The van der Waals surface area contributed by atoms with Crippen LogP contribution in [0.5, 0.6) is 0 Å². The summed E-state index contributed by atoms with van der Waals surface area (Å²) < 4.78 is 10.5. The number of anilines is 1. The van der Waals surface area contributed by atoms with Gasteiger partial charge in [-0.2, -0.15) is 0 Å². The molecule has 0 saturated carbocycles. The van der Waals surface area contributed by atoms with Gasteiger partial charge < -0.3 is 20.0 Å². The lowest BCUT2D eigenvalue weighted by Crippen LogP contribution is -2.31. The van der Waals surface area contributed by atoms with Crippen molar-refractivity contribution in [2.24, 2.45) is 0 Å². The Hall–Kier alpha value is -1.63. The molecule has 6 heteroatoms. The number of oxazole rings is 1. The van der Waals surface area contributed by atoms with Crippen LogP contribution in [-0.2, 0) is 11.3 Å². The molecule has 0 aliphatic heterocycles. The van der Waals surface area contributed by atoms with Gasteiger partial charge in [-0.05, 0) is 19.2 Å². The molecule has 1 aromatic carbocycles. The van der Waals surface area contributed by atoms with Crippen molar-refractivity contribution >= 4 is 16.8 Å². The summed E-state index contributed by atoms with van der Waals surface area (Å²) in [7, 11) is 3.45. The van der Waals surface area contributed by atoms with Gasteiger partial charge in [0.15, 0.2) is 5.58 Å². The van der Waals surface area contributed by atoms with Crippen LogP contribution in [0.3, 0.4) is 0 Å². The molecule has 0 bridgehead atoms. The Labute approximate surface area is 111 Å². The van der Waals surface area contributed by atoms with Gasteiger partial charge in [-0.15, -0.1) is 0 Å². The fourth-order valence-corrected chi connectivity index (χ4v) is 1.98. The summed E-state index contributed by atoms with van der Waals surface area (Å²) in [5.41, 5.74) is 7.80. The second-order valence-electron chi connectivity index (χ2n) is 4.61. The van der Waals surface area contributed by atoms with Gasteiger partial charge in [-0.25, -0.2) is 4.98 Å². The highest BCUT2D eigenvalue weighted by atomic mass is 16.5. The number of aromatic nitrogens is 1. The van der Waals surface area contributed by atoms with E-state index in [2.05, 4.69) is 4.98 Å². The van der Waals surface area contributed by atoms with E-state index in [-0.39, 0.29) is 0 Å². The Bertz CT molecular complexity index is 541. The van der Waals surface area contributed by atoms with Crippen LogP contribution in [0.2, 0.25) is 0 Å². The molecular weight excluding hydrogens is 246 g/mol. The van der Waals surface area contributed by atoms with E-state index in [0.717, 1.165) is 0 Å². The average Bonchev–Trinajstić information content (AvgIpc) is 2.72. The van der Waals surface area contributed by atoms with Crippen LogP contribution < -0.4 is 5.73 Å². The fraction of sp³-hybridized carbons (Fsp3) is 0.462. The predicted octanol–water partition coefficient (Wildman–Crippen LogP) is 0.849. The molecule has 0 saturated heterocycles. The summed E-state index contributed by atoms with van der Waals surface area (Å²) in [4.78, 5) is 6.28. The van der Waals surface area contributed by atoms with Crippen LogP contribution >= 0.6 is 0 Å². The molecule has 19 heavy (non-hydrogen) atoms. The first-order valence-corrected chi connectivity index (χ1v) is 6.09. The molecule has 2 aromatic rings. The molecule has 0 aliphatic carbocycles. The maximum Gasteiger partial charge on any atom is 0.209 e. The molecule has 6 nitrogen and oxygen atoms in total. The van der Waals surface area contributed by atoms with Crippen LogP contribution in [0.4, 0.5) is 5.69 Å². The highest BCUT2D eigenvalue weighted by molar-refractivity contribution is 5.85. The minimum absolute atomic E-state index is 0.310. The quantitative estimate of drug-likeness (QED) is 0.753. The monoisotopic (exact) mass is 265 g/mol. The average molecular weight is 265 g/mol. The lowest BCUT2D eigenvalue weighted by Gasteiger charge is -2.18. The third-order valence-corrected chi connectivity index (χ3v) is 2.78. The van der Waals surface area contributed by atoms with Crippen LogP contribution in [0.1, 0.15) is 5.89 Å². The van der Waals surface area contributed by atoms with Crippen molar-refractivity contribution in [1.29, 1.82) is 0 Å². The Morgan fingerprint density at radius 1 is 1.53 bits per heavy atom. The second kappa shape index (κ2) is 6.01. The zero-order valence-electron chi connectivity index (χ0n) is 11.2. The topological polar surface area (TPSA) is 84.8 Å². The molecule has 1 heterocycles.